The lowest BCUT2D eigenvalue weighted by Crippen LogP contribution is -2.13. The average molecular weight is 527 g/mol. The second-order valence-corrected chi connectivity index (χ2v) is 8.01. The molecular weight excluding hydrogens is 512 g/mol. The summed E-state index contributed by atoms with van der Waals surface area (Å²) in [5, 5.41) is 12.2. The summed E-state index contributed by atoms with van der Waals surface area (Å²) >= 11 is 15.4. The van der Waals surface area contributed by atoms with Gasteiger partial charge >= 0.3 is 5.97 Å². The third-order valence-electron chi connectivity index (χ3n) is 4.33. The first kappa shape index (κ1) is 23.1. The predicted octanol–water partition coefficient (Wildman–Crippen LogP) is 6.69. The maximum absolute atomic E-state index is 13.0. The Hall–Kier alpha value is -2.61. The molecule has 9 heteroatoms. The highest BCUT2D eigenvalue weighted by atomic mass is 79.9. The number of anilines is 1. The summed E-state index contributed by atoms with van der Waals surface area (Å²) < 4.78 is 19.4. The molecule has 5 nitrogen and oxygen atoms in total. The van der Waals surface area contributed by atoms with Crippen LogP contribution in [0.25, 0.3) is 0 Å². The largest absolute Gasteiger partial charge is 0.481 e. The van der Waals surface area contributed by atoms with E-state index in [4.69, 9.17) is 27.9 Å². The number of carboxylic acid groups (broad SMARTS) is 1. The lowest BCUT2D eigenvalue weighted by Gasteiger charge is -2.14. The van der Waals surface area contributed by atoms with E-state index in [0.717, 1.165) is 0 Å². The standard InChI is InChI=1S/C22H15BrCl2FNO4/c23-17-10-15(6-7-19(17)27-21(28)12-1-4-14(26)5-2-12)31-20-8-3-13(9-18(20)25)16(11-24)22(29)30/h1-10,16H,11H2,(H,27,28)(H,29,30). The number of rotatable bonds is 7. The van der Waals surface area contributed by atoms with Crippen molar-refractivity contribution in [2.45, 2.75) is 5.92 Å². The molecule has 1 unspecified atom stereocenters. The van der Waals surface area contributed by atoms with Gasteiger partial charge in [-0.1, -0.05) is 17.7 Å². The van der Waals surface area contributed by atoms with Crippen LogP contribution in [-0.2, 0) is 4.79 Å². The Balaban J connectivity index is 1.73. The number of hydrogen-bond donors (Lipinski definition) is 2. The summed E-state index contributed by atoms with van der Waals surface area (Å²) in [6.45, 7) is 0. The molecule has 0 spiro atoms. The molecule has 0 aliphatic carbocycles. The summed E-state index contributed by atoms with van der Waals surface area (Å²) in [4.78, 5) is 23.6. The Morgan fingerprint density at radius 2 is 1.81 bits per heavy atom. The fraction of sp³-hybridized carbons (Fsp3) is 0.0909. The van der Waals surface area contributed by atoms with Crippen molar-refractivity contribution in [2.24, 2.45) is 0 Å². The van der Waals surface area contributed by atoms with E-state index in [-0.39, 0.29) is 16.8 Å². The van der Waals surface area contributed by atoms with Gasteiger partial charge in [0, 0.05) is 15.9 Å². The second-order valence-electron chi connectivity index (χ2n) is 6.44. The van der Waals surface area contributed by atoms with Crippen LogP contribution in [0.4, 0.5) is 10.1 Å². The van der Waals surface area contributed by atoms with Crippen LogP contribution in [0, 0.1) is 5.82 Å². The zero-order chi connectivity index (χ0) is 22.5. The van der Waals surface area contributed by atoms with Crippen molar-refractivity contribution in [1.82, 2.24) is 0 Å². The van der Waals surface area contributed by atoms with Crippen LogP contribution in [0.15, 0.2) is 65.1 Å². The van der Waals surface area contributed by atoms with Gasteiger partial charge < -0.3 is 15.2 Å². The van der Waals surface area contributed by atoms with Gasteiger partial charge in [-0.25, -0.2) is 4.39 Å². The summed E-state index contributed by atoms with van der Waals surface area (Å²) in [5.74, 6) is -2.03. The van der Waals surface area contributed by atoms with Gasteiger partial charge in [0.25, 0.3) is 5.91 Å². The maximum Gasteiger partial charge on any atom is 0.312 e. The summed E-state index contributed by atoms with van der Waals surface area (Å²) in [6.07, 6.45) is 0. The van der Waals surface area contributed by atoms with Crippen LogP contribution < -0.4 is 10.1 Å². The smallest absolute Gasteiger partial charge is 0.312 e. The van der Waals surface area contributed by atoms with Crippen molar-refractivity contribution in [3.05, 3.63) is 87.1 Å². The van der Waals surface area contributed by atoms with E-state index in [2.05, 4.69) is 21.2 Å². The van der Waals surface area contributed by atoms with Gasteiger partial charge in [0.1, 0.15) is 17.3 Å². The van der Waals surface area contributed by atoms with Gasteiger partial charge in [-0.05, 0) is 76.1 Å². The average Bonchev–Trinajstić information content (AvgIpc) is 2.72. The monoisotopic (exact) mass is 525 g/mol. The van der Waals surface area contributed by atoms with Crippen LogP contribution in [0.3, 0.4) is 0 Å². The molecule has 0 heterocycles. The number of benzene rings is 3. The molecule has 0 aliphatic rings. The van der Waals surface area contributed by atoms with Crippen molar-refractivity contribution in [3.8, 4) is 11.5 Å². The van der Waals surface area contributed by atoms with E-state index in [1.807, 2.05) is 0 Å². The lowest BCUT2D eigenvalue weighted by molar-refractivity contribution is -0.138. The molecule has 0 saturated carbocycles. The minimum Gasteiger partial charge on any atom is -0.481 e. The Kier molecular flexibility index (Phi) is 7.54. The van der Waals surface area contributed by atoms with Crippen LogP contribution in [0.5, 0.6) is 11.5 Å². The van der Waals surface area contributed by atoms with E-state index in [1.54, 1.807) is 30.3 Å². The van der Waals surface area contributed by atoms with Gasteiger partial charge in [-0.2, -0.15) is 0 Å². The van der Waals surface area contributed by atoms with Crippen LogP contribution in [0.2, 0.25) is 5.02 Å². The fourth-order valence-corrected chi connectivity index (χ4v) is 3.69. The Bertz CT molecular complexity index is 1120. The summed E-state index contributed by atoms with van der Waals surface area (Å²) in [6, 6.07) is 14.8. The molecule has 0 radical (unpaired) electrons. The molecule has 0 bridgehead atoms. The molecule has 0 aromatic heterocycles. The number of carboxylic acids is 1. The van der Waals surface area contributed by atoms with Crippen LogP contribution in [-0.4, -0.2) is 22.9 Å². The SMILES string of the molecule is O=C(Nc1ccc(Oc2ccc(C(CCl)C(=O)O)cc2Cl)cc1Br)c1ccc(F)cc1. The minimum absolute atomic E-state index is 0.0794. The minimum atomic E-state index is -1.04. The third-order valence-corrected chi connectivity index (χ3v) is 5.59. The Morgan fingerprint density at radius 3 is 2.39 bits per heavy atom. The van der Waals surface area contributed by atoms with E-state index in [0.29, 0.717) is 32.8 Å². The molecule has 3 aromatic rings. The maximum atomic E-state index is 13.0. The molecule has 1 atom stereocenters. The van der Waals surface area contributed by atoms with Crippen LogP contribution in [0.1, 0.15) is 21.8 Å². The van der Waals surface area contributed by atoms with Crippen molar-refractivity contribution in [2.75, 3.05) is 11.2 Å². The van der Waals surface area contributed by atoms with Gasteiger partial charge in [-0.15, -0.1) is 11.6 Å². The van der Waals surface area contributed by atoms with E-state index in [1.165, 1.54) is 30.3 Å². The second kappa shape index (κ2) is 10.1. The molecule has 31 heavy (non-hydrogen) atoms. The fourth-order valence-electron chi connectivity index (χ4n) is 2.70. The van der Waals surface area contributed by atoms with Gasteiger partial charge in [0.05, 0.1) is 16.6 Å². The molecule has 3 aromatic carbocycles. The molecule has 3 rings (SSSR count). The number of amides is 1. The van der Waals surface area contributed by atoms with E-state index < -0.39 is 17.7 Å². The Labute approximate surface area is 195 Å². The summed E-state index contributed by atoms with van der Waals surface area (Å²) in [7, 11) is 0. The third kappa shape index (κ3) is 5.76. The van der Waals surface area contributed by atoms with E-state index in [9.17, 15) is 19.1 Å². The van der Waals surface area contributed by atoms with Gasteiger partial charge in [-0.3, -0.25) is 9.59 Å². The quantitative estimate of drug-likeness (QED) is 0.336. The number of aliphatic carboxylic acids is 1. The number of nitrogens with one attached hydrogen (secondary N) is 1. The first-order valence-corrected chi connectivity index (χ1v) is 10.6. The number of ether oxygens (including phenoxy) is 1. The number of carbonyl (C=O) groups is 2. The van der Waals surface area contributed by atoms with Gasteiger partial charge in [0.15, 0.2) is 0 Å². The topological polar surface area (TPSA) is 75.6 Å². The number of carbonyl (C=O) groups excluding carboxylic acids is 1. The van der Waals surface area contributed by atoms with Crippen molar-refractivity contribution < 1.29 is 23.8 Å². The van der Waals surface area contributed by atoms with E-state index >= 15 is 0 Å². The zero-order valence-corrected chi connectivity index (χ0v) is 18.8. The lowest BCUT2D eigenvalue weighted by atomic mass is 10.0. The van der Waals surface area contributed by atoms with Crippen LogP contribution >= 0.6 is 39.1 Å². The highest BCUT2D eigenvalue weighted by molar-refractivity contribution is 9.10. The van der Waals surface area contributed by atoms with Crippen molar-refractivity contribution >= 4 is 56.7 Å². The molecule has 1 amide bonds. The highest BCUT2D eigenvalue weighted by Crippen LogP contribution is 2.35. The number of alkyl halides is 1. The van der Waals surface area contributed by atoms with Gasteiger partial charge in [0.2, 0.25) is 0 Å². The summed E-state index contributed by atoms with van der Waals surface area (Å²) in [5.41, 5.74) is 1.28. The highest BCUT2D eigenvalue weighted by Gasteiger charge is 2.20. The van der Waals surface area contributed by atoms with Crippen molar-refractivity contribution in [3.63, 3.8) is 0 Å². The normalized spacial score (nSPS) is 11.6. The molecule has 0 aliphatic heterocycles. The molecule has 0 saturated heterocycles. The molecule has 2 N–H and O–H groups in total. The predicted molar refractivity (Wildman–Crippen MR) is 121 cm³/mol. The number of hydrogen-bond acceptors (Lipinski definition) is 3. The first-order chi connectivity index (χ1) is 14.8. The Morgan fingerprint density at radius 1 is 1.10 bits per heavy atom. The molecule has 0 fully saturated rings. The first-order valence-electron chi connectivity index (χ1n) is 8.91. The van der Waals surface area contributed by atoms with Crippen molar-refractivity contribution in [1.29, 1.82) is 0 Å². The molecular formula is C22H15BrCl2FNO4. The number of halogens is 4. The zero-order valence-electron chi connectivity index (χ0n) is 15.7. The molecule has 160 valence electrons.